The van der Waals surface area contributed by atoms with Crippen molar-refractivity contribution < 1.29 is 24.5 Å². The van der Waals surface area contributed by atoms with E-state index in [4.69, 9.17) is 4.74 Å². The Morgan fingerprint density at radius 2 is 0.931 bits per heavy atom. The zero-order valence-electron chi connectivity index (χ0n) is 38.4. The van der Waals surface area contributed by atoms with Crippen molar-refractivity contribution >= 4 is 11.9 Å². The Morgan fingerprint density at radius 1 is 0.517 bits per heavy atom. The number of amides is 1. The van der Waals surface area contributed by atoms with Crippen molar-refractivity contribution in [3.8, 4) is 0 Å². The fourth-order valence-electron chi connectivity index (χ4n) is 7.42. The molecule has 0 aromatic carbocycles. The lowest BCUT2D eigenvalue weighted by Crippen LogP contribution is -2.46. The highest BCUT2D eigenvalue weighted by atomic mass is 16.5. The number of rotatable bonds is 44. The minimum Gasteiger partial charge on any atom is -0.462 e. The van der Waals surface area contributed by atoms with Crippen LogP contribution in [-0.2, 0) is 14.3 Å². The van der Waals surface area contributed by atoms with E-state index in [1.165, 1.54) is 116 Å². The van der Waals surface area contributed by atoms with Gasteiger partial charge in [0.25, 0.3) is 0 Å². The number of allylic oxidation sites excluding steroid dienone is 8. The zero-order valence-corrected chi connectivity index (χ0v) is 38.4. The van der Waals surface area contributed by atoms with Gasteiger partial charge in [0.15, 0.2) is 0 Å². The van der Waals surface area contributed by atoms with Crippen LogP contribution in [0.2, 0.25) is 0 Å². The number of carbonyl (C=O) groups is 2. The van der Waals surface area contributed by atoms with Gasteiger partial charge in [-0.25, -0.2) is 0 Å². The second-order valence-corrected chi connectivity index (χ2v) is 16.8. The highest BCUT2D eigenvalue weighted by molar-refractivity contribution is 5.77. The van der Waals surface area contributed by atoms with Crippen molar-refractivity contribution in [1.29, 1.82) is 0 Å². The minimum absolute atomic E-state index is 0.0667. The molecule has 0 saturated carbocycles. The van der Waals surface area contributed by atoms with E-state index >= 15 is 0 Å². The Morgan fingerprint density at radius 3 is 1.40 bits per heavy atom. The summed E-state index contributed by atoms with van der Waals surface area (Å²) in [6.45, 7) is 6.35. The summed E-state index contributed by atoms with van der Waals surface area (Å²) in [5.41, 5.74) is 0. The van der Waals surface area contributed by atoms with Crippen molar-refractivity contribution in [2.75, 3.05) is 6.61 Å². The van der Waals surface area contributed by atoms with Crippen LogP contribution in [0.3, 0.4) is 0 Å². The molecule has 0 bridgehead atoms. The summed E-state index contributed by atoms with van der Waals surface area (Å²) in [5.74, 6) is -0.505. The Labute approximate surface area is 359 Å². The van der Waals surface area contributed by atoms with Gasteiger partial charge in [-0.1, -0.05) is 217 Å². The highest BCUT2D eigenvalue weighted by Crippen LogP contribution is 2.18. The Kier molecular flexibility index (Phi) is 44.2. The van der Waals surface area contributed by atoms with Gasteiger partial charge in [0, 0.05) is 6.42 Å². The lowest BCUT2D eigenvalue weighted by atomic mass is 10.0. The molecule has 0 aliphatic carbocycles. The van der Waals surface area contributed by atoms with Crippen LogP contribution in [0.4, 0.5) is 0 Å². The molecule has 1 amide bonds. The maximum Gasteiger partial charge on any atom is 0.306 e. The summed E-state index contributed by atoms with van der Waals surface area (Å²) < 4.78 is 5.91. The number of nitrogens with one attached hydrogen (secondary N) is 1. The number of aliphatic hydroxyl groups is 2. The molecule has 3 atom stereocenters. The maximum atomic E-state index is 13.2. The average Bonchev–Trinajstić information content (AvgIpc) is 3.22. The third-order valence-corrected chi connectivity index (χ3v) is 11.2. The van der Waals surface area contributed by atoms with Gasteiger partial charge in [-0.05, 0) is 64.2 Å². The van der Waals surface area contributed by atoms with Crippen LogP contribution in [0.25, 0.3) is 0 Å². The highest BCUT2D eigenvalue weighted by Gasteiger charge is 2.24. The number of unbranched alkanes of at least 4 members (excludes halogenated alkanes) is 24. The first kappa shape index (κ1) is 55.8. The summed E-state index contributed by atoms with van der Waals surface area (Å²) in [4.78, 5) is 26.1. The molecule has 58 heavy (non-hydrogen) atoms. The number of hydrogen-bond donors (Lipinski definition) is 3. The van der Waals surface area contributed by atoms with Gasteiger partial charge in [0.05, 0.1) is 25.2 Å². The molecule has 3 N–H and O–H groups in total. The average molecular weight is 814 g/mol. The predicted molar refractivity (Wildman–Crippen MR) is 250 cm³/mol. The third-order valence-electron chi connectivity index (χ3n) is 11.2. The van der Waals surface area contributed by atoms with Crippen molar-refractivity contribution in [2.45, 2.75) is 264 Å². The van der Waals surface area contributed by atoms with Crippen LogP contribution < -0.4 is 5.32 Å². The molecule has 0 spiro atoms. The summed E-state index contributed by atoms with van der Waals surface area (Å²) >= 11 is 0. The predicted octanol–water partition coefficient (Wildman–Crippen LogP) is 14.7. The van der Waals surface area contributed by atoms with E-state index in [2.05, 4.69) is 74.7 Å². The topological polar surface area (TPSA) is 95.9 Å². The monoisotopic (exact) mass is 814 g/mol. The second-order valence-electron chi connectivity index (χ2n) is 16.8. The van der Waals surface area contributed by atoms with E-state index in [1.54, 1.807) is 0 Å². The molecule has 0 aliphatic rings. The van der Waals surface area contributed by atoms with Crippen LogP contribution >= 0.6 is 0 Å². The largest absolute Gasteiger partial charge is 0.462 e. The molecular formula is C52H95NO5. The van der Waals surface area contributed by atoms with Crippen LogP contribution in [-0.4, -0.2) is 46.9 Å². The van der Waals surface area contributed by atoms with Crippen molar-refractivity contribution in [3.63, 3.8) is 0 Å². The lowest BCUT2D eigenvalue weighted by Gasteiger charge is -2.24. The minimum atomic E-state index is -0.790. The second kappa shape index (κ2) is 45.9. The van der Waals surface area contributed by atoms with E-state index in [0.29, 0.717) is 19.3 Å². The van der Waals surface area contributed by atoms with Gasteiger partial charge < -0.3 is 20.3 Å². The van der Waals surface area contributed by atoms with Gasteiger partial charge in [0.1, 0.15) is 6.10 Å². The van der Waals surface area contributed by atoms with Crippen LogP contribution in [0, 0.1) is 0 Å². The SMILES string of the molecule is CC/C=C/C/C=C/C/C=C/C/C=C/CCCCCC(=O)OC(CCCCCCCCCCCCCCCC)CC(=O)NC(CO)C(O)CCCCCCCCCCC. The van der Waals surface area contributed by atoms with Crippen molar-refractivity contribution in [3.05, 3.63) is 48.6 Å². The molecule has 0 aromatic heterocycles. The normalized spacial score (nSPS) is 13.7. The molecule has 0 heterocycles. The van der Waals surface area contributed by atoms with Crippen LogP contribution in [0.1, 0.15) is 245 Å². The Balaban J connectivity index is 4.62. The number of carbonyl (C=O) groups excluding carboxylic acids is 2. The molecule has 6 heteroatoms. The van der Waals surface area contributed by atoms with E-state index in [9.17, 15) is 19.8 Å². The quantitative estimate of drug-likeness (QED) is 0.0323. The standard InChI is InChI=1S/C52H95NO5/c1-4-7-10-13-16-19-21-23-25-26-28-30-33-36-39-42-45-52(57)58-48(43-40-37-34-32-29-27-24-22-20-17-14-11-8-5-2)46-51(56)53-49(47-54)50(55)44-41-38-35-31-18-15-12-9-6-3/h7,10,16,19,23,25,28,30,48-50,54-55H,4-6,8-9,11-15,17-18,20-22,24,26-27,29,31-47H2,1-3H3,(H,53,56)/b10-7+,19-16+,25-23+,30-28+. The van der Waals surface area contributed by atoms with E-state index in [1.807, 2.05) is 0 Å². The Hall–Kier alpha value is -2.18. The summed E-state index contributed by atoms with van der Waals surface area (Å²) in [5, 5.41) is 23.6. The van der Waals surface area contributed by atoms with E-state index in [-0.39, 0.29) is 24.9 Å². The summed E-state index contributed by atoms with van der Waals surface area (Å²) in [6, 6.07) is -0.704. The molecular weight excluding hydrogens is 719 g/mol. The molecule has 0 saturated heterocycles. The zero-order chi connectivity index (χ0) is 42.4. The summed E-state index contributed by atoms with van der Waals surface area (Å²) in [7, 11) is 0. The van der Waals surface area contributed by atoms with Gasteiger partial charge in [-0.3, -0.25) is 9.59 Å². The number of ether oxygens (including phenoxy) is 1. The fourth-order valence-corrected chi connectivity index (χ4v) is 7.42. The molecule has 0 aliphatic heterocycles. The van der Waals surface area contributed by atoms with Crippen LogP contribution in [0.5, 0.6) is 0 Å². The first-order valence-electron chi connectivity index (χ1n) is 24.9. The molecule has 0 fully saturated rings. The molecule has 3 unspecified atom stereocenters. The lowest BCUT2D eigenvalue weighted by molar-refractivity contribution is -0.151. The molecule has 0 rings (SSSR count). The van der Waals surface area contributed by atoms with Gasteiger partial charge in [0.2, 0.25) is 5.91 Å². The van der Waals surface area contributed by atoms with Crippen LogP contribution in [0.15, 0.2) is 48.6 Å². The van der Waals surface area contributed by atoms with E-state index < -0.39 is 18.2 Å². The number of aliphatic hydroxyl groups excluding tert-OH is 2. The first-order valence-corrected chi connectivity index (χ1v) is 24.9. The van der Waals surface area contributed by atoms with Gasteiger partial charge >= 0.3 is 5.97 Å². The maximum absolute atomic E-state index is 13.2. The van der Waals surface area contributed by atoms with E-state index in [0.717, 1.165) is 83.5 Å². The molecule has 0 radical (unpaired) electrons. The first-order chi connectivity index (χ1) is 28.5. The smallest absolute Gasteiger partial charge is 0.306 e. The van der Waals surface area contributed by atoms with Crippen molar-refractivity contribution in [2.24, 2.45) is 0 Å². The molecule has 0 aromatic rings. The van der Waals surface area contributed by atoms with Gasteiger partial charge in [-0.2, -0.15) is 0 Å². The third kappa shape index (κ3) is 40.6. The molecule has 338 valence electrons. The summed E-state index contributed by atoms with van der Waals surface area (Å²) in [6.07, 6.45) is 54.6. The van der Waals surface area contributed by atoms with Gasteiger partial charge in [-0.15, -0.1) is 0 Å². The number of esters is 1. The molecule has 6 nitrogen and oxygen atoms in total. The number of hydrogen-bond acceptors (Lipinski definition) is 5. The Bertz CT molecular complexity index is 1000. The fraction of sp³-hybridized carbons (Fsp3) is 0.808. The van der Waals surface area contributed by atoms with Crippen molar-refractivity contribution in [1.82, 2.24) is 5.32 Å².